The number of aromatic nitrogens is 2. The number of nitrogens with zero attached hydrogens (tertiary/aromatic N) is 3. The molecule has 0 aliphatic carbocycles. The molecule has 4 aromatic rings. The number of aromatic hydroxyl groups is 1. The number of anilines is 1. The van der Waals surface area contributed by atoms with Crippen LogP contribution in [0.4, 0.5) is 5.69 Å². The number of phenolic OH excluding ortho intramolecular Hbond substituents is 1. The van der Waals surface area contributed by atoms with Gasteiger partial charge in [-0.1, -0.05) is 18.2 Å². The molecule has 1 N–H and O–H groups in total. The number of thioether (sulfide) groups is 1. The van der Waals surface area contributed by atoms with Crippen LogP contribution in [0.3, 0.4) is 0 Å². The fraction of sp³-hybridized carbons (Fsp3) is 0.125. The van der Waals surface area contributed by atoms with E-state index in [4.69, 9.17) is 4.74 Å². The number of amides is 1. The number of ether oxygens (including phenoxy) is 1. The van der Waals surface area contributed by atoms with Crippen LogP contribution in [0, 0.1) is 0 Å². The van der Waals surface area contributed by atoms with Gasteiger partial charge in [0.1, 0.15) is 5.37 Å². The van der Waals surface area contributed by atoms with Gasteiger partial charge >= 0.3 is 0 Å². The zero-order valence-electron chi connectivity index (χ0n) is 16.7. The number of methoxy groups -OCH3 is 1. The van der Waals surface area contributed by atoms with Crippen molar-refractivity contribution in [1.29, 1.82) is 0 Å². The number of hydrogen-bond acceptors (Lipinski definition) is 6. The molecule has 3 heterocycles. The number of carbonyl (C=O) groups excluding carboxylic acids is 1. The third-order valence-electron chi connectivity index (χ3n) is 5.26. The molecule has 6 nitrogen and oxygen atoms in total. The maximum Gasteiger partial charge on any atom is 0.238 e. The Morgan fingerprint density at radius 1 is 1.10 bits per heavy atom. The highest BCUT2D eigenvalue weighted by atomic mass is 32.2. The Labute approximate surface area is 183 Å². The van der Waals surface area contributed by atoms with Crippen LogP contribution >= 0.6 is 11.8 Å². The SMILES string of the molecule is COc1cc(C2SCC(=O)N2c2ccc(-c3ccc4cccnc4n3)cc2)ccc1O. The van der Waals surface area contributed by atoms with Crippen LogP contribution in [-0.2, 0) is 4.79 Å². The normalized spacial score (nSPS) is 16.1. The van der Waals surface area contributed by atoms with Gasteiger partial charge in [0.05, 0.1) is 18.6 Å². The molecule has 154 valence electrons. The average Bonchev–Trinajstić information content (AvgIpc) is 3.20. The fourth-order valence-corrected chi connectivity index (χ4v) is 4.87. The van der Waals surface area contributed by atoms with Crippen molar-refractivity contribution in [1.82, 2.24) is 9.97 Å². The molecule has 2 aromatic heterocycles. The Kier molecular flexibility index (Phi) is 4.95. The number of rotatable bonds is 4. The molecule has 1 aliphatic rings. The zero-order chi connectivity index (χ0) is 21.4. The van der Waals surface area contributed by atoms with Crippen molar-refractivity contribution in [3.8, 4) is 22.8 Å². The molecule has 1 fully saturated rings. The van der Waals surface area contributed by atoms with Gasteiger partial charge in [-0.2, -0.15) is 0 Å². The number of phenols is 1. The quantitative estimate of drug-likeness (QED) is 0.503. The van der Waals surface area contributed by atoms with Gasteiger partial charge in [-0.3, -0.25) is 9.69 Å². The second kappa shape index (κ2) is 7.92. The van der Waals surface area contributed by atoms with E-state index < -0.39 is 0 Å². The molecule has 0 spiro atoms. The molecular weight excluding hydrogens is 410 g/mol. The molecule has 1 unspecified atom stereocenters. The maximum atomic E-state index is 12.7. The van der Waals surface area contributed by atoms with Crippen LogP contribution in [-0.4, -0.2) is 33.8 Å². The van der Waals surface area contributed by atoms with Crippen molar-refractivity contribution in [2.45, 2.75) is 5.37 Å². The highest BCUT2D eigenvalue weighted by molar-refractivity contribution is 8.00. The minimum atomic E-state index is -0.184. The highest BCUT2D eigenvalue weighted by Crippen LogP contribution is 2.44. The summed E-state index contributed by atoms with van der Waals surface area (Å²) in [7, 11) is 1.51. The molecular formula is C24H19N3O3S. The van der Waals surface area contributed by atoms with Gasteiger partial charge in [0.2, 0.25) is 5.91 Å². The lowest BCUT2D eigenvalue weighted by Gasteiger charge is -2.25. The predicted molar refractivity (Wildman–Crippen MR) is 122 cm³/mol. The lowest BCUT2D eigenvalue weighted by atomic mass is 10.1. The fourth-order valence-electron chi connectivity index (χ4n) is 3.70. The zero-order valence-corrected chi connectivity index (χ0v) is 17.5. The molecule has 5 rings (SSSR count). The number of fused-ring (bicyclic) bond motifs is 1. The van der Waals surface area contributed by atoms with E-state index in [9.17, 15) is 9.90 Å². The van der Waals surface area contributed by atoms with Gasteiger partial charge in [-0.25, -0.2) is 9.97 Å². The van der Waals surface area contributed by atoms with Crippen molar-refractivity contribution in [2.75, 3.05) is 17.8 Å². The smallest absolute Gasteiger partial charge is 0.238 e. The molecule has 2 aromatic carbocycles. The van der Waals surface area contributed by atoms with Crippen molar-refractivity contribution in [3.63, 3.8) is 0 Å². The Balaban J connectivity index is 1.46. The number of carbonyl (C=O) groups is 1. The summed E-state index contributed by atoms with van der Waals surface area (Å²) in [5.74, 6) is 0.911. The first-order valence-electron chi connectivity index (χ1n) is 9.77. The molecule has 1 aliphatic heterocycles. The molecule has 0 bridgehead atoms. The van der Waals surface area contributed by atoms with E-state index in [1.54, 1.807) is 35.0 Å². The second-order valence-electron chi connectivity index (χ2n) is 7.15. The van der Waals surface area contributed by atoms with E-state index in [1.165, 1.54) is 7.11 Å². The van der Waals surface area contributed by atoms with Crippen LogP contribution < -0.4 is 9.64 Å². The standard InChI is InChI=1S/C24H19N3O3S/c1-30-21-13-17(7-11-20(21)28)24-27(22(29)14-31-24)18-8-4-15(5-9-18)19-10-6-16-3-2-12-25-23(16)26-19/h2-13,24,28H,14H2,1H3. The van der Waals surface area contributed by atoms with E-state index in [1.807, 2.05) is 54.6 Å². The lowest BCUT2D eigenvalue weighted by molar-refractivity contribution is -0.115. The van der Waals surface area contributed by atoms with Crippen molar-refractivity contribution in [2.24, 2.45) is 0 Å². The molecule has 1 amide bonds. The number of benzene rings is 2. The van der Waals surface area contributed by atoms with Crippen LogP contribution in [0.25, 0.3) is 22.3 Å². The van der Waals surface area contributed by atoms with E-state index >= 15 is 0 Å². The molecule has 1 saturated heterocycles. The molecule has 0 saturated carbocycles. The predicted octanol–water partition coefficient (Wildman–Crippen LogP) is 4.79. The first-order chi connectivity index (χ1) is 15.1. The first-order valence-corrected chi connectivity index (χ1v) is 10.8. The van der Waals surface area contributed by atoms with Gasteiger partial charge in [-0.05, 0) is 54.1 Å². The largest absolute Gasteiger partial charge is 0.504 e. The van der Waals surface area contributed by atoms with E-state index in [2.05, 4.69) is 9.97 Å². The maximum absolute atomic E-state index is 12.7. The highest BCUT2D eigenvalue weighted by Gasteiger charge is 2.34. The van der Waals surface area contributed by atoms with E-state index in [-0.39, 0.29) is 17.0 Å². The van der Waals surface area contributed by atoms with Gasteiger partial charge < -0.3 is 9.84 Å². The summed E-state index contributed by atoms with van der Waals surface area (Å²) in [4.78, 5) is 23.4. The second-order valence-corrected chi connectivity index (χ2v) is 8.22. The first kappa shape index (κ1) is 19.4. The van der Waals surface area contributed by atoms with E-state index in [0.717, 1.165) is 27.9 Å². The summed E-state index contributed by atoms with van der Waals surface area (Å²) in [6.45, 7) is 0. The van der Waals surface area contributed by atoms with Crippen molar-refractivity contribution in [3.05, 3.63) is 78.5 Å². The topological polar surface area (TPSA) is 75.5 Å². The molecule has 0 radical (unpaired) electrons. The molecule has 31 heavy (non-hydrogen) atoms. The average molecular weight is 430 g/mol. The lowest BCUT2D eigenvalue weighted by Crippen LogP contribution is -2.27. The monoisotopic (exact) mass is 429 g/mol. The Morgan fingerprint density at radius 3 is 2.74 bits per heavy atom. The Hall–Kier alpha value is -3.58. The van der Waals surface area contributed by atoms with Crippen LogP contribution in [0.2, 0.25) is 0 Å². The van der Waals surface area contributed by atoms with Gasteiger partial charge in [0, 0.05) is 22.8 Å². The molecule has 1 atom stereocenters. The minimum Gasteiger partial charge on any atom is -0.504 e. The van der Waals surface area contributed by atoms with Crippen molar-refractivity contribution < 1.29 is 14.6 Å². The van der Waals surface area contributed by atoms with Gasteiger partial charge in [0.15, 0.2) is 17.1 Å². The van der Waals surface area contributed by atoms with Crippen LogP contribution in [0.15, 0.2) is 72.9 Å². The van der Waals surface area contributed by atoms with Crippen LogP contribution in [0.5, 0.6) is 11.5 Å². The summed E-state index contributed by atoms with van der Waals surface area (Å²) in [6.07, 6.45) is 1.73. The third kappa shape index (κ3) is 3.57. The summed E-state index contributed by atoms with van der Waals surface area (Å²) in [5, 5.41) is 10.7. The van der Waals surface area contributed by atoms with E-state index in [0.29, 0.717) is 17.1 Å². The Morgan fingerprint density at radius 2 is 1.94 bits per heavy atom. The number of hydrogen-bond donors (Lipinski definition) is 1. The molecule has 7 heteroatoms. The van der Waals surface area contributed by atoms with Gasteiger partial charge in [0.25, 0.3) is 0 Å². The van der Waals surface area contributed by atoms with Gasteiger partial charge in [-0.15, -0.1) is 11.8 Å². The minimum absolute atomic E-state index is 0.0443. The summed E-state index contributed by atoms with van der Waals surface area (Å²) < 4.78 is 5.23. The third-order valence-corrected chi connectivity index (χ3v) is 6.47. The summed E-state index contributed by atoms with van der Waals surface area (Å²) in [6, 6.07) is 20.9. The number of pyridine rings is 2. The summed E-state index contributed by atoms with van der Waals surface area (Å²) in [5.41, 5.74) is 4.21. The summed E-state index contributed by atoms with van der Waals surface area (Å²) >= 11 is 1.55. The van der Waals surface area contributed by atoms with Crippen LogP contribution in [0.1, 0.15) is 10.9 Å². The van der Waals surface area contributed by atoms with Crippen molar-refractivity contribution >= 4 is 34.4 Å². The Bertz CT molecular complexity index is 1280.